The number of carboxylic acid groups (broad SMARTS) is 6. The minimum absolute atomic E-state index is 0. The van der Waals surface area contributed by atoms with Gasteiger partial charge >= 0.3 is 51.2 Å². The molecule has 0 amide bonds. The predicted molar refractivity (Wildman–Crippen MR) is 102 cm³/mol. The van der Waals surface area contributed by atoms with E-state index in [2.05, 4.69) is 0 Å². The molecule has 0 aliphatic carbocycles. The SMILES string of the molecule is O=C([O-])CN(CC(=O)[O-])Cc1cc(CN(CC(=O)[O-])CC(=O)[O-])cc(CN(CC(=O)[O-])CC(=O)[O-])c1.[Cu+2].[Cu+2].[Cu+2]. The molecule has 3 radical (unpaired) electrons. The first-order valence-electron chi connectivity index (χ1n) is 10.2. The van der Waals surface area contributed by atoms with Crippen LogP contribution in [0.25, 0.3) is 0 Å². The van der Waals surface area contributed by atoms with Crippen LogP contribution in [0.1, 0.15) is 16.7 Å². The molecule has 0 fully saturated rings. The summed E-state index contributed by atoms with van der Waals surface area (Å²) in [6, 6.07) is 4.21. The summed E-state index contributed by atoms with van der Waals surface area (Å²) in [7, 11) is 0. The van der Waals surface area contributed by atoms with E-state index < -0.39 is 75.1 Å². The molecule has 0 N–H and O–H groups in total. The van der Waals surface area contributed by atoms with Gasteiger partial charge in [-0.05, 0) is 16.7 Å². The van der Waals surface area contributed by atoms with Crippen LogP contribution in [0.2, 0.25) is 0 Å². The van der Waals surface area contributed by atoms with Gasteiger partial charge in [0.05, 0.1) is 35.8 Å². The molecule has 0 unspecified atom stereocenters. The summed E-state index contributed by atoms with van der Waals surface area (Å²) >= 11 is 0. The van der Waals surface area contributed by atoms with Crippen LogP contribution in [0.3, 0.4) is 0 Å². The topological polar surface area (TPSA) is 250 Å². The van der Waals surface area contributed by atoms with Gasteiger partial charge in [0.1, 0.15) is 0 Å². The van der Waals surface area contributed by atoms with E-state index in [4.69, 9.17) is 0 Å². The summed E-state index contributed by atoms with van der Waals surface area (Å²) in [4.78, 5) is 68.8. The Balaban J connectivity index is -0.00000432. The largest absolute Gasteiger partial charge is 2.00 e. The zero-order chi connectivity index (χ0) is 27.4. The molecule has 0 saturated heterocycles. The molecule has 0 atom stereocenters. The molecule has 0 heterocycles. The summed E-state index contributed by atoms with van der Waals surface area (Å²) in [5.74, 6) is -9.52. The number of hydrogen-bond acceptors (Lipinski definition) is 15. The molecular formula is C21H21Cu3N3O12. The summed E-state index contributed by atoms with van der Waals surface area (Å²) in [6.45, 7) is -5.67. The Morgan fingerprint density at radius 3 is 0.692 bits per heavy atom. The van der Waals surface area contributed by atoms with Crippen LogP contribution in [-0.2, 0) is 99.6 Å². The van der Waals surface area contributed by atoms with Gasteiger partial charge in [-0.15, -0.1) is 0 Å². The first kappa shape index (κ1) is 41.0. The first-order chi connectivity index (χ1) is 16.7. The van der Waals surface area contributed by atoms with Crippen LogP contribution in [-0.4, -0.2) is 89.8 Å². The summed E-state index contributed by atoms with van der Waals surface area (Å²) in [6.07, 6.45) is 0. The molecule has 0 bridgehead atoms. The van der Waals surface area contributed by atoms with E-state index in [1.165, 1.54) is 18.2 Å². The summed E-state index contributed by atoms with van der Waals surface area (Å²) < 4.78 is 0. The van der Waals surface area contributed by atoms with Gasteiger partial charge in [0.2, 0.25) is 0 Å². The standard InChI is InChI=1S/C21H27N3O12.3Cu/c25-16(26)7-22(8-17(27)28)4-13-1-14(5-23(9-18(29)30)10-19(31)32)3-15(2-13)6-24(11-20(33)34)12-21(35)36;;;/h1-3H,4-12H2,(H,25,26)(H,27,28)(H,29,30)(H,31,32)(H,33,34)(H,35,36);;;/q;3*+2/p-6. The van der Waals surface area contributed by atoms with Gasteiger partial charge in [0.25, 0.3) is 0 Å². The molecule has 15 nitrogen and oxygen atoms in total. The molecule has 0 aromatic heterocycles. The fourth-order valence-corrected chi connectivity index (χ4v) is 3.49. The van der Waals surface area contributed by atoms with Crippen molar-refractivity contribution in [3.63, 3.8) is 0 Å². The third kappa shape index (κ3) is 19.2. The first-order valence-corrected chi connectivity index (χ1v) is 10.2. The van der Waals surface area contributed by atoms with Crippen molar-refractivity contribution >= 4 is 35.8 Å². The molecule has 0 spiro atoms. The smallest absolute Gasteiger partial charge is 0.549 e. The number of benzene rings is 1. The third-order valence-corrected chi connectivity index (χ3v) is 4.45. The number of hydrogen-bond donors (Lipinski definition) is 0. The molecule has 18 heteroatoms. The molecule has 225 valence electrons. The van der Waals surface area contributed by atoms with Gasteiger partial charge in [-0.1, -0.05) is 18.2 Å². The summed E-state index contributed by atoms with van der Waals surface area (Å²) in [5.41, 5.74) is 0.774. The van der Waals surface area contributed by atoms with Crippen molar-refractivity contribution in [1.82, 2.24) is 14.7 Å². The third-order valence-electron chi connectivity index (χ3n) is 4.45. The Morgan fingerprint density at radius 2 is 0.564 bits per heavy atom. The summed E-state index contributed by atoms with van der Waals surface area (Å²) in [5, 5.41) is 65.9. The Labute approximate surface area is 254 Å². The average molecular weight is 698 g/mol. The van der Waals surface area contributed by atoms with Gasteiger partial charge in [-0.2, -0.15) is 0 Å². The second kappa shape index (κ2) is 20.4. The zero-order valence-electron chi connectivity index (χ0n) is 19.7. The normalized spacial score (nSPS) is 10.2. The number of carboxylic acids is 6. The maximum absolute atomic E-state index is 11.0. The van der Waals surface area contributed by atoms with Crippen LogP contribution < -0.4 is 30.6 Å². The van der Waals surface area contributed by atoms with E-state index in [1.54, 1.807) is 0 Å². The zero-order valence-corrected chi connectivity index (χ0v) is 22.6. The van der Waals surface area contributed by atoms with E-state index in [1.807, 2.05) is 0 Å². The predicted octanol–water partition coefficient (Wildman–Crippen LogP) is -9.42. The van der Waals surface area contributed by atoms with Crippen LogP contribution in [0, 0.1) is 0 Å². The fourth-order valence-electron chi connectivity index (χ4n) is 3.49. The number of nitrogens with zero attached hydrogens (tertiary/aromatic N) is 3. The second-order valence-electron chi connectivity index (χ2n) is 7.83. The van der Waals surface area contributed by atoms with Gasteiger partial charge in [-0.3, -0.25) is 14.7 Å². The number of aliphatic carboxylic acids is 6. The molecule has 0 aliphatic rings. The quantitative estimate of drug-likeness (QED) is 0.129. The fraction of sp³-hybridized carbons (Fsp3) is 0.429. The molecule has 1 aromatic rings. The van der Waals surface area contributed by atoms with Crippen molar-refractivity contribution in [2.75, 3.05) is 39.3 Å². The number of carbonyl (C=O) groups excluding carboxylic acids is 6. The van der Waals surface area contributed by atoms with Crippen LogP contribution in [0.15, 0.2) is 18.2 Å². The van der Waals surface area contributed by atoms with E-state index in [9.17, 15) is 59.4 Å². The van der Waals surface area contributed by atoms with E-state index in [0.717, 1.165) is 14.7 Å². The maximum atomic E-state index is 11.0. The van der Waals surface area contributed by atoms with Gasteiger partial charge < -0.3 is 59.4 Å². The average Bonchev–Trinajstić information content (AvgIpc) is 2.64. The van der Waals surface area contributed by atoms with Crippen LogP contribution in [0.4, 0.5) is 0 Å². The molecule has 0 aliphatic heterocycles. The van der Waals surface area contributed by atoms with Crippen LogP contribution >= 0.6 is 0 Å². The second-order valence-corrected chi connectivity index (χ2v) is 7.83. The Morgan fingerprint density at radius 1 is 0.410 bits per heavy atom. The van der Waals surface area contributed by atoms with Gasteiger partial charge in [0.15, 0.2) is 0 Å². The van der Waals surface area contributed by atoms with Gasteiger partial charge in [-0.25, -0.2) is 0 Å². The van der Waals surface area contributed by atoms with Crippen molar-refractivity contribution in [3.05, 3.63) is 34.9 Å². The van der Waals surface area contributed by atoms with Crippen molar-refractivity contribution in [1.29, 1.82) is 0 Å². The Kier molecular flexibility index (Phi) is 21.4. The van der Waals surface area contributed by atoms with Crippen molar-refractivity contribution in [3.8, 4) is 0 Å². The van der Waals surface area contributed by atoms with E-state index in [0.29, 0.717) is 0 Å². The number of carbonyl (C=O) groups is 6. The van der Waals surface area contributed by atoms with Crippen molar-refractivity contribution in [2.45, 2.75) is 19.6 Å². The minimum Gasteiger partial charge on any atom is -0.549 e. The number of rotatable bonds is 18. The monoisotopic (exact) mass is 696 g/mol. The van der Waals surface area contributed by atoms with Crippen molar-refractivity contribution in [2.24, 2.45) is 0 Å². The van der Waals surface area contributed by atoms with Crippen LogP contribution in [0.5, 0.6) is 0 Å². The Bertz CT molecular complexity index is 828. The molecule has 1 aromatic carbocycles. The van der Waals surface area contributed by atoms with Crippen molar-refractivity contribution < 1.29 is 111 Å². The Hall–Kier alpha value is -2.52. The molecule has 1 rings (SSSR count). The van der Waals surface area contributed by atoms with E-state index in [-0.39, 0.29) is 87.5 Å². The molecule has 0 saturated carbocycles. The molecule has 39 heavy (non-hydrogen) atoms. The van der Waals surface area contributed by atoms with E-state index >= 15 is 0 Å². The van der Waals surface area contributed by atoms with Gasteiger partial charge in [0, 0.05) is 58.9 Å². The molecular weight excluding hydrogens is 677 g/mol. The maximum Gasteiger partial charge on any atom is 2.00 e. The minimum atomic E-state index is -1.59.